The van der Waals surface area contributed by atoms with E-state index in [2.05, 4.69) is 39.1 Å². The van der Waals surface area contributed by atoms with Crippen molar-refractivity contribution in [3.8, 4) is 5.75 Å². The maximum Gasteiger partial charge on any atom is 0.119 e. The van der Waals surface area contributed by atoms with Gasteiger partial charge in [-0.2, -0.15) is 0 Å². The van der Waals surface area contributed by atoms with Crippen LogP contribution in [0, 0.1) is 0 Å². The molecule has 0 aromatic heterocycles. The van der Waals surface area contributed by atoms with E-state index in [0.29, 0.717) is 6.04 Å². The van der Waals surface area contributed by atoms with Crippen LogP contribution in [-0.2, 0) is 6.54 Å². The van der Waals surface area contributed by atoms with Crippen LogP contribution < -0.4 is 10.1 Å². The van der Waals surface area contributed by atoms with E-state index in [-0.39, 0.29) is 0 Å². The van der Waals surface area contributed by atoms with Crippen LogP contribution >= 0.6 is 15.9 Å². The van der Waals surface area contributed by atoms with E-state index in [1.165, 1.54) is 37.9 Å². The molecule has 4 heteroatoms. The third-order valence-electron chi connectivity index (χ3n) is 4.02. The van der Waals surface area contributed by atoms with Gasteiger partial charge in [-0.1, -0.05) is 22.4 Å². The summed E-state index contributed by atoms with van der Waals surface area (Å²) in [6, 6.07) is 6.72. The lowest BCUT2D eigenvalue weighted by Gasteiger charge is -2.32. The minimum Gasteiger partial charge on any atom is -0.497 e. The number of hydrogen-bond acceptors (Lipinski definition) is 3. The lowest BCUT2D eigenvalue weighted by molar-refractivity contribution is 0.170. The second kappa shape index (κ2) is 8.01. The first-order chi connectivity index (χ1) is 9.70. The summed E-state index contributed by atoms with van der Waals surface area (Å²) in [7, 11) is 1.71. The Hall–Kier alpha value is -0.580. The smallest absolute Gasteiger partial charge is 0.119 e. The summed E-state index contributed by atoms with van der Waals surface area (Å²) < 4.78 is 6.41. The van der Waals surface area contributed by atoms with Gasteiger partial charge in [0.1, 0.15) is 5.75 Å². The van der Waals surface area contributed by atoms with E-state index in [0.717, 1.165) is 23.3 Å². The molecule has 1 aliphatic rings. The van der Waals surface area contributed by atoms with Crippen LogP contribution in [0.25, 0.3) is 0 Å². The summed E-state index contributed by atoms with van der Waals surface area (Å²) in [6.07, 6.45) is 4.10. The Bertz CT molecular complexity index is 419. The maximum absolute atomic E-state index is 5.28. The highest BCUT2D eigenvalue weighted by atomic mass is 79.9. The van der Waals surface area contributed by atoms with Crippen LogP contribution in [0.5, 0.6) is 5.75 Å². The van der Waals surface area contributed by atoms with Crippen molar-refractivity contribution < 1.29 is 4.74 Å². The summed E-state index contributed by atoms with van der Waals surface area (Å²) in [4.78, 5) is 2.59. The van der Waals surface area contributed by atoms with Gasteiger partial charge in [0.25, 0.3) is 0 Å². The largest absolute Gasteiger partial charge is 0.497 e. The molecule has 2 rings (SSSR count). The van der Waals surface area contributed by atoms with Crippen LogP contribution in [0.15, 0.2) is 22.7 Å². The number of benzene rings is 1. The Labute approximate surface area is 130 Å². The lowest BCUT2D eigenvalue weighted by atomic mass is 10.1. The molecule has 0 saturated carbocycles. The van der Waals surface area contributed by atoms with Crippen molar-refractivity contribution in [1.29, 1.82) is 0 Å². The van der Waals surface area contributed by atoms with Crippen molar-refractivity contribution in [1.82, 2.24) is 10.2 Å². The first kappa shape index (κ1) is 15.8. The first-order valence-corrected chi connectivity index (χ1v) is 8.27. The number of rotatable bonds is 6. The molecule has 1 aromatic rings. The first-order valence-electron chi connectivity index (χ1n) is 7.48. The van der Waals surface area contributed by atoms with Crippen molar-refractivity contribution >= 4 is 15.9 Å². The third-order valence-corrected chi connectivity index (χ3v) is 4.80. The molecule has 112 valence electrons. The van der Waals surface area contributed by atoms with E-state index < -0.39 is 0 Å². The summed E-state index contributed by atoms with van der Waals surface area (Å²) in [5.74, 6) is 0.911. The average Bonchev–Trinajstić information content (AvgIpc) is 2.50. The molecule has 0 bridgehead atoms. The van der Waals surface area contributed by atoms with Gasteiger partial charge in [-0.25, -0.2) is 0 Å². The quantitative estimate of drug-likeness (QED) is 0.858. The summed E-state index contributed by atoms with van der Waals surface area (Å²) in [5.41, 5.74) is 1.25. The van der Waals surface area contributed by atoms with Gasteiger partial charge in [-0.05, 0) is 56.6 Å². The predicted molar refractivity (Wildman–Crippen MR) is 87.3 cm³/mol. The minimum atomic E-state index is 0.611. The molecule has 0 radical (unpaired) electrons. The van der Waals surface area contributed by atoms with Gasteiger partial charge in [0.05, 0.1) is 7.11 Å². The van der Waals surface area contributed by atoms with Gasteiger partial charge in [0, 0.05) is 23.6 Å². The van der Waals surface area contributed by atoms with Gasteiger partial charge in [-0.3, -0.25) is 4.90 Å². The molecule has 1 aliphatic heterocycles. The third kappa shape index (κ3) is 4.47. The van der Waals surface area contributed by atoms with Gasteiger partial charge < -0.3 is 10.1 Å². The van der Waals surface area contributed by atoms with Crippen molar-refractivity contribution in [2.24, 2.45) is 0 Å². The molecule has 20 heavy (non-hydrogen) atoms. The Balaban J connectivity index is 1.80. The number of nitrogens with one attached hydrogen (secondary N) is 1. The van der Waals surface area contributed by atoms with E-state index in [4.69, 9.17) is 4.74 Å². The molecule has 0 amide bonds. The van der Waals surface area contributed by atoms with E-state index in [9.17, 15) is 0 Å². The zero-order valence-corrected chi connectivity index (χ0v) is 14.1. The molecule has 1 fully saturated rings. The van der Waals surface area contributed by atoms with Crippen molar-refractivity contribution in [3.63, 3.8) is 0 Å². The fourth-order valence-corrected chi connectivity index (χ4v) is 3.10. The maximum atomic E-state index is 5.28. The molecule has 1 aromatic carbocycles. The summed E-state index contributed by atoms with van der Waals surface area (Å²) in [5, 5.41) is 3.56. The molecule has 3 nitrogen and oxygen atoms in total. The zero-order chi connectivity index (χ0) is 14.4. The number of halogens is 1. The molecule has 1 atom stereocenters. The SMILES string of the molecule is COc1ccc(Br)c(CNCC(C)N2CCCCC2)c1. The molecule has 1 heterocycles. The van der Waals surface area contributed by atoms with E-state index >= 15 is 0 Å². The van der Waals surface area contributed by atoms with Crippen LogP contribution in [0.4, 0.5) is 0 Å². The van der Waals surface area contributed by atoms with Crippen molar-refractivity contribution in [2.75, 3.05) is 26.7 Å². The minimum absolute atomic E-state index is 0.611. The van der Waals surface area contributed by atoms with Crippen LogP contribution in [0.1, 0.15) is 31.7 Å². The Kier molecular flexibility index (Phi) is 6.33. The van der Waals surface area contributed by atoms with Crippen molar-refractivity contribution in [2.45, 2.75) is 38.8 Å². The Morgan fingerprint density at radius 1 is 1.30 bits per heavy atom. The fraction of sp³-hybridized carbons (Fsp3) is 0.625. The molecule has 1 N–H and O–H groups in total. The highest BCUT2D eigenvalue weighted by Crippen LogP contribution is 2.22. The number of hydrogen-bond donors (Lipinski definition) is 1. The number of likely N-dealkylation sites (tertiary alicyclic amines) is 1. The highest BCUT2D eigenvalue weighted by Gasteiger charge is 2.16. The van der Waals surface area contributed by atoms with Crippen molar-refractivity contribution in [3.05, 3.63) is 28.2 Å². The van der Waals surface area contributed by atoms with Crippen LogP contribution in [0.3, 0.4) is 0 Å². The molecule has 0 spiro atoms. The molecule has 1 unspecified atom stereocenters. The molecule has 1 saturated heterocycles. The van der Waals surface area contributed by atoms with Crippen LogP contribution in [0.2, 0.25) is 0 Å². The van der Waals surface area contributed by atoms with Gasteiger partial charge >= 0.3 is 0 Å². The second-order valence-corrected chi connectivity index (χ2v) is 6.39. The Morgan fingerprint density at radius 2 is 2.05 bits per heavy atom. The lowest BCUT2D eigenvalue weighted by Crippen LogP contribution is -2.42. The summed E-state index contributed by atoms with van der Waals surface area (Å²) >= 11 is 3.60. The average molecular weight is 341 g/mol. The molecular weight excluding hydrogens is 316 g/mol. The number of methoxy groups -OCH3 is 1. The monoisotopic (exact) mass is 340 g/mol. The van der Waals surface area contributed by atoms with Gasteiger partial charge in [-0.15, -0.1) is 0 Å². The number of nitrogens with zero attached hydrogens (tertiary/aromatic N) is 1. The highest BCUT2D eigenvalue weighted by molar-refractivity contribution is 9.10. The van der Waals surface area contributed by atoms with Gasteiger partial charge in [0.2, 0.25) is 0 Å². The number of ether oxygens (including phenoxy) is 1. The van der Waals surface area contributed by atoms with Crippen LogP contribution in [-0.4, -0.2) is 37.7 Å². The summed E-state index contributed by atoms with van der Waals surface area (Å²) in [6.45, 7) is 6.73. The number of piperidine rings is 1. The predicted octanol–water partition coefficient (Wildman–Crippen LogP) is 3.42. The second-order valence-electron chi connectivity index (χ2n) is 5.53. The fourth-order valence-electron chi connectivity index (χ4n) is 2.72. The topological polar surface area (TPSA) is 24.5 Å². The van der Waals surface area contributed by atoms with Gasteiger partial charge in [0.15, 0.2) is 0 Å². The van der Waals surface area contributed by atoms with E-state index in [1.807, 2.05) is 12.1 Å². The standard InChI is InChI=1S/C16H25BrN2O/c1-13(19-8-4-3-5-9-19)11-18-12-14-10-15(20-2)6-7-16(14)17/h6-7,10,13,18H,3-5,8-9,11-12H2,1-2H3. The molecule has 0 aliphatic carbocycles. The molecular formula is C16H25BrN2O. The Morgan fingerprint density at radius 3 is 2.75 bits per heavy atom. The van der Waals surface area contributed by atoms with E-state index in [1.54, 1.807) is 7.11 Å². The zero-order valence-electron chi connectivity index (χ0n) is 12.5. The normalized spacial score (nSPS) is 17.9.